The molecule has 0 unspecified atom stereocenters. The van der Waals surface area contributed by atoms with E-state index in [2.05, 4.69) is 48.1 Å². The van der Waals surface area contributed by atoms with Crippen LogP contribution in [0.2, 0.25) is 0 Å². The molecule has 7 nitrogen and oxygen atoms in total. The summed E-state index contributed by atoms with van der Waals surface area (Å²) < 4.78 is 29.2. The zero-order valence-corrected chi connectivity index (χ0v) is 19.3. The second-order valence-corrected chi connectivity index (χ2v) is 10.9. The van der Waals surface area contributed by atoms with Gasteiger partial charge in [-0.2, -0.15) is 5.26 Å². The topological polar surface area (TPSA) is 102 Å². The Morgan fingerprint density at radius 1 is 1.37 bits per heavy atom. The first kappa shape index (κ1) is 22.1. The predicted octanol–water partition coefficient (Wildman–Crippen LogP) is 2.58. The van der Waals surface area contributed by atoms with Crippen LogP contribution >= 0.6 is 31.9 Å². The number of sulfonamides is 1. The zero-order valence-electron chi connectivity index (χ0n) is 15.3. The van der Waals surface area contributed by atoms with Gasteiger partial charge in [0.15, 0.2) is 6.19 Å². The fourth-order valence-electron chi connectivity index (χ4n) is 2.76. The molecule has 2 atom stereocenters. The molecule has 1 aromatic carbocycles. The third-order valence-corrected chi connectivity index (χ3v) is 7.23. The van der Waals surface area contributed by atoms with Gasteiger partial charge < -0.3 is 10.2 Å². The Hall–Kier alpha value is -1.15. The van der Waals surface area contributed by atoms with E-state index >= 15 is 0 Å². The molecule has 2 N–H and O–H groups in total. The summed E-state index contributed by atoms with van der Waals surface area (Å²) in [7, 11) is -3.76. The third kappa shape index (κ3) is 5.67. The van der Waals surface area contributed by atoms with Gasteiger partial charge >= 0.3 is 0 Å². The van der Waals surface area contributed by atoms with E-state index < -0.39 is 21.5 Å². The second kappa shape index (κ2) is 8.47. The Balaban J connectivity index is 2.07. The van der Waals surface area contributed by atoms with E-state index in [-0.39, 0.29) is 23.4 Å². The first-order valence-electron chi connectivity index (χ1n) is 8.36. The highest BCUT2D eigenvalue weighted by atomic mass is 79.9. The first-order valence-corrected chi connectivity index (χ1v) is 11.4. The maximum absolute atomic E-state index is 12.7. The number of rotatable bonds is 5. The van der Waals surface area contributed by atoms with Gasteiger partial charge in [-0.15, -0.1) is 0 Å². The number of carbonyl (C=O) groups is 1. The van der Waals surface area contributed by atoms with Gasteiger partial charge in [0.1, 0.15) is 0 Å². The van der Waals surface area contributed by atoms with Crippen LogP contribution in [-0.2, 0) is 14.8 Å². The Labute approximate surface area is 176 Å². The highest BCUT2D eigenvalue weighted by Crippen LogP contribution is 2.27. The summed E-state index contributed by atoms with van der Waals surface area (Å²) in [6, 6.07) is 4.24. The van der Waals surface area contributed by atoms with Crippen LogP contribution in [0.4, 0.5) is 0 Å². The minimum atomic E-state index is -3.76. The lowest BCUT2D eigenvalue weighted by atomic mass is 9.95. The van der Waals surface area contributed by atoms with Crippen LogP contribution < -0.4 is 10.0 Å². The molecule has 27 heavy (non-hydrogen) atoms. The van der Waals surface area contributed by atoms with Gasteiger partial charge in [-0.05, 0) is 40.5 Å². The van der Waals surface area contributed by atoms with Crippen LogP contribution in [0.3, 0.4) is 0 Å². The van der Waals surface area contributed by atoms with Gasteiger partial charge in [-0.25, -0.2) is 13.1 Å². The third-order valence-electron chi connectivity index (χ3n) is 4.23. The second-order valence-electron chi connectivity index (χ2n) is 7.49. The Kier molecular flexibility index (Phi) is 6.95. The summed E-state index contributed by atoms with van der Waals surface area (Å²) in [4.78, 5) is 13.7. The van der Waals surface area contributed by atoms with Crippen LogP contribution in [0, 0.1) is 16.9 Å². The molecule has 0 bridgehead atoms. The molecule has 1 aliphatic rings. The standard InChI is InChI=1S/C17H22Br2N4O3S/c1-17(2,3)16(24)21-8-13-7-12(9-23(13)10-20)22-27(25,26)15-6-11(18)4-5-14(15)19/h4-6,12-13,22H,7-9H2,1-3H3,(H,21,24)/t12-,13-/m1/s1. The van der Waals surface area contributed by atoms with E-state index in [0.717, 1.165) is 0 Å². The minimum absolute atomic E-state index is 0.109. The summed E-state index contributed by atoms with van der Waals surface area (Å²) in [6.45, 7) is 5.99. The van der Waals surface area contributed by atoms with Crippen molar-refractivity contribution >= 4 is 47.8 Å². The van der Waals surface area contributed by atoms with Gasteiger partial charge in [0.2, 0.25) is 15.9 Å². The van der Waals surface area contributed by atoms with Gasteiger partial charge in [-0.3, -0.25) is 4.79 Å². The van der Waals surface area contributed by atoms with Crippen molar-refractivity contribution < 1.29 is 13.2 Å². The van der Waals surface area contributed by atoms with Crippen molar-refractivity contribution in [2.45, 2.75) is 44.2 Å². The van der Waals surface area contributed by atoms with Crippen LogP contribution in [0.25, 0.3) is 0 Å². The fourth-order valence-corrected chi connectivity index (χ4v) is 5.50. The number of likely N-dealkylation sites (tertiary alicyclic amines) is 1. The van der Waals surface area contributed by atoms with Crippen molar-refractivity contribution in [3.8, 4) is 6.19 Å². The Morgan fingerprint density at radius 2 is 2.04 bits per heavy atom. The van der Waals surface area contributed by atoms with E-state index in [9.17, 15) is 18.5 Å². The van der Waals surface area contributed by atoms with Crippen molar-refractivity contribution in [2.75, 3.05) is 13.1 Å². The van der Waals surface area contributed by atoms with Crippen molar-refractivity contribution in [1.82, 2.24) is 14.9 Å². The lowest BCUT2D eigenvalue weighted by Crippen LogP contribution is -2.42. The number of carbonyl (C=O) groups excluding carboxylic acids is 1. The van der Waals surface area contributed by atoms with Crippen LogP contribution in [-0.4, -0.2) is 44.4 Å². The molecule has 0 radical (unpaired) electrons. The molecule has 148 valence electrons. The number of amides is 1. The molecule has 1 saturated heterocycles. The van der Waals surface area contributed by atoms with Crippen LogP contribution in [0.1, 0.15) is 27.2 Å². The zero-order chi connectivity index (χ0) is 20.4. The lowest BCUT2D eigenvalue weighted by molar-refractivity contribution is -0.128. The molecule has 0 aromatic heterocycles. The van der Waals surface area contributed by atoms with E-state index in [1.807, 2.05) is 20.8 Å². The number of nitrogens with one attached hydrogen (secondary N) is 2. The number of nitrogens with zero attached hydrogens (tertiary/aromatic N) is 2. The van der Waals surface area contributed by atoms with Crippen molar-refractivity contribution in [3.63, 3.8) is 0 Å². The lowest BCUT2D eigenvalue weighted by Gasteiger charge is -2.22. The van der Waals surface area contributed by atoms with Crippen molar-refractivity contribution in [2.24, 2.45) is 5.41 Å². The van der Waals surface area contributed by atoms with E-state index in [4.69, 9.17) is 0 Å². The molecule has 0 spiro atoms. The van der Waals surface area contributed by atoms with Crippen LogP contribution in [0.5, 0.6) is 0 Å². The molecule has 2 rings (SSSR count). The van der Waals surface area contributed by atoms with E-state index in [1.54, 1.807) is 12.1 Å². The van der Waals surface area contributed by atoms with Gasteiger partial charge in [0.05, 0.1) is 10.9 Å². The predicted molar refractivity (Wildman–Crippen MR) is 109 cm³/mol. The van der Waals surface area contributed by atoms with E-state index in [1.165, 1.54) is 11.0 Å². The molecule has 1 aliphatic heterocycles. The molecule has 1 aromatic rings. The van der Waals surface area contributed by atoms with Gasteiger partial charge in [0, 0.05) is 33.5 Å². The average Bonchev–Trinajstić information content (AvgIpc) is 2.94. The van der Waals surface area contributed by atoms with Crippen molar-refractivity contribution in [3.05, 3.63) is 27.1 Å². The first-order chi connectivity index (χ1) is 12.4. The number of halogens is 2. The number of nitriles is 1. The maximum atomic E-state index is 12.7. The smallest absolute Gasteiger partial charge is 0.242 e. The molecular formula is C17H22Br2N4O3S. The largest absolute Gasteiger partial charge is 0.354 e. The normalized spacial score (nSPS) is 20.4. The number of hydrogen-bond donors (Lipinski definition) is 2. The van der Waals surface area contributed by atoms with Crippen LogP contribution in [0.15, 0.2) is 32.0 Å². The summed E-state index contributed by atoms with van der Waals surface area (Å²) >= 11 is 6.54. The summed E-state index contributed by atoms with van der Waals surface area (Å²) in [5.74, 6) is -0.109. The highest BCUT2D eigenvalue weighted by molar-refractivity contribution is 9.11. The molecule has 0 saturated carbocycles. The molecular weight excluding hydrogens is 500 g/mol. The molecule has 0 aliphatic carbocycles. The molecule has 1 amide bonds. The summed E-state index contributed by atoms with van der Waals surface area (Å²) in [5, 5.41) is 12.2. The summed E-state index contributed by atoms with van der Waals surface area (Å²) in [6.07, 6.45) is 2.52. The maximum Gasteiger partial charge on any atom is 0.242 e. The number of hydrogen-bond acceptors (Lipinski definition) is 5. The Bertz CT molecular complexity index is 862. The number of benzene rings is 1. The summed E-state index contributed by atoms with van der Waals surface area (Å²) in [5.41, 5.74) is -0.524. The SMILES string of the molecule is CC(C)(C)C(=O)NC[C@H]1C[C@@H](NS(=O)(=O)c2cc(Br)ccc2Br)CN1C#N. The molecule has 1 fully saturated rings. The van der Waals surface area contributed by atoms with Crippen molar-refractivity contribution in [1.29, 1.82) is 5.26 Å². The quantitative estimate of drug-likeness (QED) is 0.580. The monoisotopic (exact) mass is 520 g/mol. The highest BCUT2D eigenvalue weighted by Gasteiger charge is 2.35. The fraction of sp³-hybridized carbons (Fsp3) is 0.529. The average molecular weight is 522 g/mol. The molecule has 10 heteroatoms. The van der Waals surface area contributed by atoms with E-state index in [0.29, 0.717) is 21.9 Å². The van der Waals surface area contributed by atoms with Gasteiger partial charge in [0.25, 0.3) is 0 Å². The molecule has 1 heterocycles. The Morgan fingerprint density at radius 3 is 2.63 bits per heavy atom. The van der Waals surface area contributed by atoms with Gasteiger partial charge in [-0.1, -0.05) is 36.7 Å². The minimum Gasteiger partial charge on any atom is -0.354 e.